The van der Waals surface area contributed by atoms with E-state index in [1.165, 1.54) is 11.1 Å². The van der Waals surface area contributed by atoms with E-state index in [2.05, 4.69) is 39.0 Å². The molecule has 3 aromatic rings. The minimum atomic E-state index is -3.29. The lowest BCUT2D eigenvalue weighted by Gasteiger charge is -2.31. The average Bonchev–Trinajstić information content (AvgIpc) is 3.30. The number of aromatic nitrogens is 2. The van der Waals surface area contributed by atoms with Crippen molar-refractivity contribution in [2.45, 2.75) is 63.2 Å². The van der Waals surface area contributed by atoms with E-state index in [1.807, 2.05) is 11.6 Å². The van der Waals surface area contributed by atoms with E-state index in [-0.39, 0.29) is 6.04 Å². The number of nitrogens with one attached hydrogen (secondary N) is 2. The maximum Gasteiger partial charge on any atom is 0.216 e. The summed E-state index contributed by atoms with van der Waals surface area (Å²) in [5.41, 5.74) is 3.54. The van der Waals surface area contributed by atoms with Crippen LogP contribution in [0, 0.1) is 0 Å². The lowest BCUT2D eigenvalue weighted by atomic mass is 9.84. The molecule has 0 amide bonds. The number of fused-ring (bicyclic) bond motifs is 1. The van der Waals surface area contributed by atoms with Gasteiger partial charge in [-0.15, -0.1) is 11.3 Å². The highest BCUT2D eigenvalue weighted by atomic mass is 32.2. The Balaban J connectivity index is 1.45. The van der Waals surface area contributed by atoms with Gasteiger partial charge < -0.3 is 4.98 Å². The molecule has 1 aliphatic carbocycles. The van der Waals surface area contributed by atoms with Gasteiger partial charge in [-0.2, -0.15) is 0 Å². The van der Waals surface area contributed by atoms with Crippen molar-refractivity contribution in [1.29, 1.82) is 0 Å². The Morgan fingerprint density at radius 2 is 1.89 bits per heavy atom. The number of sulfonamides is 1. The van der Waals surface area contributed by atoms with Crippen molar-refractivity contribution >= 4 is 32.3 Å². The van der Waals surface area contributed by atoms with Crippen LogP contribution in [0.15, 0.2) is 35.8 Å². The molecular weight excluding hydrogens is 390 g/mol. The molecule has 1 aromatic carbocycles. The summed E-state index contributed by atoms with van der Waals surface area (Å²) >= 11 is 1.65. The Morgan fingerprint density at radius 3 is 2.54 bits per heavy atom. The minimum Gasteiger partial charge on any atom is -0.358 e. The smallest absolute Gasteiger partial charge is 0.216 e. The summed E-state index contributed by atoms with van der Waals surface area (Å²) in [7, 11) is -3.29. The molecule has 1 aliphatic rings. The van der Waals surface area contributed by atoms with Crippen LogP contribution in [0.5, 0.6) is 0 Å². The normalized spacial score (nSPS) is 21.2. The molecule has 1 saturated carbocycles. The van der Waals surface area contributed by atoms with Crippen molar-refractivity contribution in [2.75, 3.05) is 0 Å². The zero-order valence-corrected chi connectivity index (χ0v) is 18.2. The maximum absolute atomic E-state index is 12.4. The molecule has 0 spiro atoms. The molecule has 28 heavy (non-hydrogen) atoms. The molecule has 0 atom stereocenters. The third-order valence-electron chi connectivity index (χ3n) is 5.62. The lowest BCUT2D eigenvalue weighted by Crippen LogP contribution is -2.45. The third-order valence-corrected chi connectivity index (χ3v) is 8.69. The van der Waals surface area contributed by atoms with Gasteiger partial charge in [0.1, 0.15) is 5.01 Å². The second-order valence-corrected chi connectivity index (χ2v) is 12.0. The molecule has 2 aromatic heterocycles. The van der Waals surface area contributed by atoms with Crippen LogP contribution in [0.1, 0.15) is 58.1 Å². The van der Waals surface area contributed by atoms with Crippen LogP contribution in [0.2, 0.25) is 0 Å². The van der Waals surface area contributed by atoms with Gasteiger partial charge in [-0.1, -0.05) is 0 Å². The number of hydrogen-bond donors (Lipinski definition) is 2. The molecule has 0 unspecified atom stereocenters. The van der Waals surface area contributed by atoms with Gasteiger partial charge in [0.2, 0.25) is 10.0 Å². The molecule has 0 saturated heterocycles. The topological polar surface area (TPSA) is 74.8 Å². The third kappa shape index (κ3) is 3.88. The number of aromatic amines is 1. The summed E-state index contributed by atoms with van der Waals surface area (Å²) in [5.74, 6) is 0.450. The molecule has 0 radical (unpaired) electrons. The van der Waals surface area contributed by atoms with E-state index in [4.69, 9.17) is 0 Å². The monoisotopic (exact) mass is 417 g/mol. The van der Waals surface area contributed by atoms with Crippen molar-refractivity contribution < 1.29 is 8.42 Å². The Morgan fingerprint density at radius 1 is 1.14 bits per heavy atom. The number of nitrogens with zero attached hydrogens (tertiary/aromatic N) is 1. The molecular formula is C21H27N3O2S2. The first-order chi connectivity index (χ1) is 13.2. The summed E-state index contributed by atoms with van der Waals surface area (Å²) in [6, 6.07) is 8.72. The van der Waals surface area contributed by atoms with Crippen molar-refractivity contribution in [2.24, 2.45) is 0 Å². The predicted molar refractivity (Wildman–Crippen MR) is 116 cm³/mol. The highest BCUT2D eigenvalue weighted by Gasteiger charge is 2.33. The van der Waals surface area contributed by atoms with Crippen LogP contribution in [-0.2, 0) is 10.0 Å². The SMILES string of the molecule is CC(C)(C)S(=O)(=O)N[C@H]1CC[C@H](c2cc3cc(-c4nccs4)ccc3[nH]2)CC1. The zero-order valence-electron chi connectivity index (χ0n) is 16.5. The van der Waals surface area contributed by atoms with E-state index in [1.54, 1.807) is 32.1 Å². The first kappa shape index (κ1) is 19.6. The average molecular weight is 418 g/mol. The molecule has 1 fully saturated rings. The summed E-state index contributed by atoms with van der Waals surface area (Å²) in [6.45, 7) is 5.22. The fraction of sp³-hybridized carbons (Fsp3) is 0.476. The van der Waals surface area contributed by atoms with Crippen molar-refractivity contribution in [3.8, 4) is 10.6 Å². The molecule has 0 bridgehead atoms. The van der Waals surface area contributed by atoms with Crippen LogP contribution < -0.4 is 4.72 Å². The molecule has 2 heterocycles. The van der Waals surface area contributed by atoms with Crippen molar-refractivity contribution in [3.63, 3.8) is 0 Å². The van der Waals surface area contributed by atoms with Gasteiger partial charge in [-0.05, 0) is 76.6 Å². The van der Waals surface area contributed by atoms with Crippen molar-refractivity contribution in [3.05, 3.63) is 41.5 Å². The molecule has 150 valence electrons. The van der Waals surface area contributed by atoms with Gasteiger partial charge in [-0.25, -0.2) is 18.1 Å². The molecule has 7 heteroatoms. The number of hydrogen-bond acceptors (Lipinski definition) is 4. The Hall–Kier alpha value is -1.70. The minimum absolute atomic E-state index is 0.0429. The van der Waals surface area contributed by atoms with Crippen molar-refractivity contribution in [1.82, 2.24) is 14.7 Å². The summed E-state index contributed by atoms with van der Waals surface area (Å²) < 4.78 is 26.9. The lowest BCUT2D eigenvalue weighted by molar-refractivity contribution is 0.368. The summed E-state index contributed by atoms with van der Waals surface area (Å²) in [4.78, 5) is 7.97. The number of rotatable bonds is 4. The Bertz CT molecular complexity index is 1050. The van der Waals surface area contributed by atoms with E-state index in [9.17, 15) is 8.42 Å². The van der Waals surface area contributed by atoms with Gasteiger partial charge >= 0.3 is 0 Å². The zero-order chi connectivity index (χ0) is 19.9. The van der Waals surface area contributed by atoms with Crippen LogP contribution in [0.3, 0.4) is 0 Å². The summed E-state index contributed by atoms with van der Waals surface area (Å²) in [6.07, 6.45) is 5.56. The summed E-state index contributed by atoms with van der Waals surface area (Å²) in [5, 5.41) is 4.24. The first-order valence-electron chi connectivity index (χ1n) is 9.77. The van der Waals surface area contributed by atoms with Gasteiger partial charge in [0.15, 0.2) is 0 Å². The van der Waals surface area contributed by atoms with Crippen LogP contribution in [0.4, 0.5) is 0 Å². The van der Waals surface area contributed by atoms with Gasteiger partial charge in [0.05, 0.1) is 4.75 Å². The quantitative estimate of drug-likeness (QED) is 0.625. The van der Waals surface area contributed by atoms with E-state index < -0.39 is 14.8 Å². The van der Waals surface area contributed by atoms with Crippen LogP contribution >= 0.6 is 11.3 Å². The molecule has 5 nitrogen and oxygen atoms in total. The fourth-order valence-corrected chi connectivity index (χ4v) is 5.46. The van der Waals surface area contributed by atoms with Crippen LogP contribution in [-0.4, -0.2) is 29.2 Å². The van der Waals surface area contributed by atoms with Gasteiger partial charge in [-0.3, -0.25) is 0 Å². The van der Waals surface area contributed by atoms with Gasteiger partial charge in [0.25, 0.3) is 0 Å². The molecule has 4 rings (SSSR count). The molecule has 0 aliphatic heterocycles. The highest BCUT2D eigenvalue weighted by Crippen LogP contribution is 2.35. The highest BCUT2D eigenvalue weighted by molar-refractivity contribution is 7.90. The Labute approximate surface area is 170 Å². The Kier molecular flexibility index (Phi) is 5.10. The second-order valence-electron chi connectivity index (χ2n) is 8.65. The number of thiazole rings is 1. The van der Waals surface area contributed by atoms with Crippen LogP contribution in [0.25, 0.3) is 21.5 Å². The maximum atomic E-state index is 12.4. The first-order valence-corrected chi connectivity index (χ1v) is 12.1. The largest absolute Gasteiger partial charge is 0.358 e. The molecule has 2 N–H and O–H groups in total. The van der Waals surface area contributed by atoms with Gasteiger partial charge in [0, 0.05) is 39.8 Å². The second kappa shape index (κ2) is 7.28. The number of benzene rings is 1. The van der Waals surface area contributed by atoms with E-state index >= 15 is 0 Å². The fourth-order valence-electron chi connectivity index (χ4n) is 3.79. The van der Waals surface area contributed by atoms with E-state index in [0.717, 1.165) is 41.8 Å². The predicted octanol–water partition coefficient (Wildman–Crippen LogP) is 5.04. The van der Waals surface area contributed by atoms with E-state index in [0.29, 0.717) is 5.92 Å². The number of H-pyrrole nitrogens is 1. The standard InChI is InChI=1S/C21H27N3O2S2/c1-21(2,3)28(25,26)24-17-7-4-14(5-8-17)19-13-16-12-15(6-9-18(16)23-19)20-22-10-11-27-20/h6,9-14,17,23-24H,4-5,7-8H2,1-3H3/t14-,17-.